The molecular formula is C20H27N3OS. The standard InChI is InChI=1S/C20H27N3OS/c1-13-14(2)25-20-18(21-15(3)23(13)20)16-9-11-22(12-10-16)19(24)17-7-5-4-6-8-17/h4-5,16-17H,6-12H2,1-3H3/t17-/m0/s1. The number of piperidine rings is 1. The largest absolute Gasteiger partial charge is 0.342 e. The summed E-state index contributed by atoms with van der Waals surface area (Å²) in [5, 5.41) is 0. The second-order valence-corrected chi connectivity index (χ2v) is 8.71. The zero-order valence-electron chi connectivity index (χ0n) is 15.4. The zero-order valence-corrected chi connectivity index (χ0v) is 16.2. The maximum Gasteiger partial charge on any atom is 0.226 e. The van der Waals surface area contributed by atoms with Crippen LogP contribution in [0.15, 0.2) is 12.2 Å². The van der Waals surface area contributed by atoms with Gasteiger partial charge in [0.2, 0.25) is 5.91 Å². The van der Waals surface area contributed by atoms with Crippen molar-refractivity contribution in [3.63, 3.8) is 0 Å². The summed E-state index contributed by atoms with van der Waals surface area (Å²) in [6.45, 7) is 8.23. The number of imidazole rings is 1. The zero-order chi connectivity index (χ0) is 17.6. The number of fused-ring (bicyclic) bond motifs is 1. The van der Waals surface area contributed by atoms with Crippen LogP contribution in [0.2, 0.25) is 0 Å². The number of rotatable bonds is 2. The van der Waals surface area contributed by atoms with Crippen molar-refractivity contribution in [1.82, 2.24) is 14.3 Å². The van der Waals surface area contributed by atoms with Crippen LogP contribution in [0.25, 0.3) is 4.83 Å². The van der Waals surface area contributed by atoms with E-state index in [1.807, 2.05) is 11.3 Å². The molecule has 1 aliphatic carbocycles. The van der Waals surface area contributed by atoms with Crippen LogP contribution in [-0.2, 0) is 4.79 Å². The summed E-state index contributed by atoms with van der Waals surface area (Å²) in [4.78, 5) is 22.4. The topological polar surface area (TPSA) is 37.6 Å². The summed E-state index contributed by atoms with van der Waals surface area (Å²) >= 11 is 1.86. The van der Waals surface area contributed by atoms with Crippen LogP contribution in [0, 0.1) is 26.7 Å². The average molecular weight is 358 g/mol. The number of hydrogen-bond acceptors (Lipinski definition) is 3. The van der Waals surface area contributed by atoms with Crippen molar-refractivity contribution < 1.29 is 4.79 Å². The lowest BCUT2D eigenvalue weighted by atomic mass is 9.90. The average Bonchev–Trinajstić information content (AvgIpc) is 3.12. The molecule has 2 aromatic rings. The fourth-order valence-corrected chi connectivity index (χ4v) is 5.52. The summed E-state index contributed by atoms with van der Waals surface area (Å²) < 4.78 is 2.31. The van der Waals surface area contributed by atoms with E-state index < -0.39 is 0 Å². The van der Waals surface area contributed by atoms with Crippen LogP contribution in [0.1, 0.15) is 60.1 Å². The summed E-state index contributed by atoms with van der Waals surface area (Å²) in [6.07, 6.45) is 9.44. The number of allylic oxidation sites excluding steroid dienone is 2. The molecule has 0 radical (unpaired) electrons. The van der Waals surface area contributed by atoms with Gasteiger partial charge >= 0.3 is 0 Å². The number of amides is 1. The van der Waals surface area contributed by atoms with E-state index in [1.54, 1.807) is 0 Å². The maximum absolute atomic E-state index is 12.7. The van der Waals surface area contributed by atoms with E-state index in [4.69, 9.17) is 4.98 Å². The van der Waals surface area contributed by atoms with Crippen LogP contribution in [0.3, 0.4) is 0 Å². The molecular weight excluding hydrogens is 330 g/mol. The summed E-state index contributed by atoms with van der Waals surface area (Å²) in [5.41, 5.74) is 2.57. The van der Waals surface area contributed by atoms with Gasteiger partial charge in [0.25, 0.3) is 0 Å². The van der Waals surface area contributed by atoms with Gasteiger partial charge in [-0.2, -0.15) is 0 Å². The van der Waals surface area contributed by atoms with E-state index in [9.17, 15) is 4.79 Å². The highest BCUT2D eigenvalue weighted by atomic mass is 32.1. The molecule has 3 heterocycles. The maximum atomic E-state index is 12.7. The normalized spacial score (nSPS) is 22.0. The van der Waals surface area contributed by atoms with Gasteiger partial charge in [-0.3, -0.25) is 9.20 Å². The first kappa shape index (κ1) is 16.8. The Morgan fingerprint density at radius 2 is 1.92 bits per heavy atom. The van der Waals surface area contributed by atoms with Crippen molar-refractivity contribution in [2.45, 2.75) is 58.8 Å². The molecule has 25 heavy (non-hydrogen) atoms. The van der Waals surface area contributed by atoms with Crippen LogP contribution in [0.4, 0.5) is 0 Å². The van der Waals surface area contributed by atoms with Gasteiger partial charge in [0.05, 0.1) is 5.69 Å². The van der Waals surface area contributed by atoms with E-state index in [-0.39, 0.29) is 5.92 Å². The van der Waals surface area contributed by atoms with Gasteiger partial charge in [0.1, 0.15) is 10.7 Å². The molecule has 2 aliphatic rings. The fourth-order valence-electron chi connectivity index (χ4n) is 4.32. The second kappa shape index (κ2) is 6.60. The minimum Gasteiger partial charge on any atom is -0.342 e. The van der Waals surface area contributed by atoms with Gasteiger partial charge in [-0.15, -0.1) is 11.3 Å². The van der Waals surface area contributed by atoms with Crippen molar-refractivity contribution in [2.24, 2.45) is 5.92 Å². The molecule has 4 rings (SSSR count). The Morgan fingerprint density at radius 3 is 2.60 bits per heavy atom. The fraction of sp³-hybridized carbons (Fsp3) is 0.600. The van der Waals surface area contributed by atoms with Crippen molar-refractivity contribution >= 4 is 22.1 Å². The molecule has 5 heteroatoms. The molecule has 0 unspecified atom stereocenters. The Morgan fingerprint density at radius 1 is 1.16 bits per heavy atom. The van der Waals surface area contributed by atoms with E-state index in [0.29, 0.717) is 11.8 Å². The number of carbonyl (C=O) groups excluding carboxylic acids is 1. The Kier molecular flexibility index (Phi) is 4.44. The van der Waals surface area contributed by atoms with E-state index >= 15 is 0 Å². The SMILES string of the molecule is Cc1sc2c(C3CCN(C(=O)[C@H]4CC=CCC4)CC3)nc(C)n2c1C. The Bertz CT molecular complexity index is 824. The van der Waals surface area contributed by atoms with Crippen LogP contribution < -0.4 is 0 Å². The third-order valence-corrected chi connectivity index (χ3v) is 7.12. The first-order valence-electron chi connectivity index (χ1n) is 9.45. The molecule has 4 nitrogen and oxygen atoms in total. The molecule has 2 aromatic heterocycles. The van der Waals surface area contributed by atoms with Crippen molar-refractivity contribution in [3.8, 4) is 0 Å². The van der Waals surface area contributed by atoms with E-state index in [1.165, 1.54) is 21.1 Å². The molecule has 0 bridgehead atoms. The van der Waals surface area contributed by atoms with Crippen LogP contribution in [0.5, 0.6) is 0 Å². The van der Waals surface area contributed by atoms with Crippen LogP contribution >= 0.6 is 11.3 Å². The quantitative estimate of drug-likeness (QED) is 0.748. The molecule has 1 saturated heterocycles. The lowest BCUT2D eigenvalue weighted by Gasteiger charge is -2.34. The highest BCUT2D eigenvalue weighted by Gasteiger charge is 2.31. The molecule has 1 aliphatic heterocycles. The summed E-state index contributed by atoms with van der Waals surface area (Å²) in [6, 6.07) is 0. The number of aromatic nitrogens is 2. The minimum atomic E-state index is 0.214. The highest BCUT2D eigenvalue weighted by Crippen LogP contribution is 2.36. The smallest absolute Gasteiger partial charge is 0.226 e. The summed E-state index contributed by atoms with van der Waals surface area (Å²) in [5.74, 6) is 2.17. The third kappa shape index (κ3) is 2.92. The molecule has 1 amide bonds. The molecule has 0 spiro atoms. The first-order chi connectivity index (χ1) is 12.1. The lowest BCUT2D eigenvalue weighted by Crippen LogP contribution is -2.41. The van der Waals surface area contributed by atoms with Crippen molar-refractivity contribution in [2.75, 3.05) is 13.1 Å². The molecule has 0 N–H and O–H groups in total. The molecule has 0 saturated carbocycles. The number of hydrogen-bond donors (Lipinski definition) is 0. The van der Waals surface area contributed by atoms with Crippen LogP contribution in [-0.4, -0.2) is 33.3 Å². The third-order valence-electron chi connectivity index (χ3n) is 5.93. The van der Waals surface area contributed by atoms with Gasteiger partial charge in [-0.25, -0.2) is 4.98 Å². The molecule has 0 aromatic carbocycles. The van der Waals surface area contributed by atoms with Crippen molar-refractivity contribution in [3.05, 3.63) is 34.2 Å². The second-order valence-electron chi connectivity index (χ2n) is 7.51. The monoisotopic (exact) mass is 357 g/mol. The Labute approximate surface area is 153 Å². The number of nitrogens with zero attached hydrogens (tertiary/aromatic N) is 3. The molecule has 134 valence electrons. The van der Waals surface area contributed by atoms with E-state index in [0.717, 1.165) is 51.0 Å². The van der Waals surface area contributed by atoms with Crippen molar-refractivity contribution in [1.29, 1.82) is 0 Å². The van der Waals surface area contributed by atoms with Gasteiger partial charge in [-0.05, 0) is 52.9 Å². The minimum absolute atomic E-state index is 0.214. The van der Waals surface area contributed by atoms with E-state index in [2.05, 4.69) is 42.2 Å². The molecule has 1 fully saturated rings. The number of thiazole rings is 1. The number of carbonyl (C=O) groups is 1. The Balaban J connectivity index is 1.48. The Hall–Kier alpha value is -1.62. The lowest BCUT2D eigenvalue weighted by molar-refractivity contribution is -0.136. The van der Waals surface area contributed by atoms with Gasteiger partial charge < -0.3 is 4.90 Å². The predicted molar refractivity (Wildman–Crippen MR) is 102 cm³/mol. The first-order valence-corrected chi connectivity index (χ1v) is 10.3. The van der Waals surface area contributed by atoms with Gasteiger partial charge in [0.15, 0.2) is 0 Å². The van der Waals surface area contributed by atoms with Gasteiger partial charge in [-0.1, -0.05) is 12.2 Å². The highest BCUT2D eigenvalue weighted by molar-refractivity contribution is 7.17. The summed E-state index contributed by atoms with van der Waals surface area (Å²) in [7, 11) is 0. The number of aryl methyl sites for hydroxylation is 3. The van der Waals surface area contributed by atoms with Gasteiger partial charge in [0, 0.05) is 35.5 Å². The number of likely N-dealkylation sites (tertiary alicyclic amines) is 1. The molecule has 1 atom stereocenters. The predicted octanol–water partition coefficient (Wildman–Crippen LogP) is 4.38.